The van der Waals surface area contributed by atoms with Crippen molar-refractivity contribution in [1.82, 2.24) is 0 Å². The van der Waals surface area contributed by atoms with E-state index in [1.807, 2.05) is 42.5 Å². The number of nitrogens with one attached hydrogen (secondary N) is 1. The van der Waals surface area contributed by atoms with Crippen LogP contribution >= 0.6 is 11.6 Å². The number of nitrogens with two attached hydrogens (primary N) is 1. The molecule has 0 saturated carbocycles. The zero-order valence-electron chi connectivity index (χ0n) is 12.1. The van der Waals surface area contributed by atoms with Crippen molar-refractivity contribution in [1.29, 1.82) is 0 Å². The van der Waals surface area contributed by atoms with E-state index in [0.29, 0.717) is 11.6 Å². The number of rotatable bonds is 6. The molecule has 1 unspecified atom stereocenters. The maximum Gasteiger partial charge on any atom is 0.122 e. The molecule has 0 heterocycles. The van der Waals surface area contributed by atoms with Gasteiger partial charge < -0.3 is 20.5 Å². The number of halogens is 1. The minimum Gasteiger partial charge on any atom is -0.497 e. The lowest BCUT2D eigenvalue weighted by molar-refractivity contribution is 0.393. The summed E-state index contributed by atoms with van der Waals surface area (Å²) >= 11 is 5.89. The van der Waals surface area contributed by atoms with Crippen LogP contribution in [0.3, 0.4) is 0 Å². The van der Waals surface area contributed by atoms with Gasteiger partial charge in [0.05, 0.1) is 20.3 Å². The standard InChI is InChI=1S/C16H19ClN2O2/c1-20-14-7-11(8-15(9-14)21-2)16(10-18)19-13-5-3-12(17)4-6-13/h3-9,16,19H,10,18H2,1-2H3. The van der Waals surface area contributed by atoms with Crippen LogP contribution in [-0.2, 0) is 0 Å². The first-order chi connectivity index (χ1) is 10.2. The van der Waals surface area contributed by atoms with Gasteiger partial charge in [-0.3, -0.25) is 0 Å². The molecular formula is C16H19ClN2O2. The maximum atomic E-state index is 5.90. The summed E-state index contributed by atoms with van der Waals surface area (Å²) < 4.78 is 10.6. The van der Waals surface area contributed by atoms with Crippen molar-refractivity contribution in [2.75, 3.05) is 26.1 Å². The third-order valence-corrected chi connectivity index (χ3v) is 3.45. The van der Waals surface area contributed by atoms with Gasteiger partial charge in [0.2, 0.25) is 0 Å². The van der Waals surface area contributed by atoms with Crippen molar-refractivity contribution < 1.29 is 9.47 Å². The number of anilines is 1. The summed E-state index contributed by atoms with van der Waals surface area (Å²) in [6.07, 6.45) is 0. The summed E-state index contributed by atoms with van der Waals surface area (Å²) in [5.41, 5.74) is 7.85. The number of ether oxygens (including phenoxy) is 2. The van der Waals surface area contributed by atoms with Crippen LogP contribution in [0.25, 0.3) is 0 Å². The van der Waals surface area contributed by atoms with Crippen LogP contribution < -0.4 is 20.5 Å². The molecule has 5 heteroatoms. The lowest BCUT2D eigenvalue weighted by Crippen LogP contribution is -2.20. The Balaban J connectivity index is 2.25. The molecule has 0 amide bonds. The predicted molar refractivity (Wildman–Crippen MR) is 86.4 cm³/mol. The Labute approximate surface area is 129 Å². The molecule has 1 atom stereocenters. The van der Waals surface area contributed by atoms with Crippen LogP contribution in [0.4, 0.5) is 5.69 Å². The van der Waals surface area contributed by atoms with Gasteiger partial charge in [-0.05, 0) is 42.0 Å². The summed E-state index contributed by atoms with van der Waals surface area (Å²) in [6.45, 7) is 0.443. The largest absolute Gasteiger partial charge is 0.497 e. The summed E-state index contributed by atoms with van der Waals surface area (Å²) in [6, 6.07) is 13.2. The van der Waals surface area contributed by atoms with Gasteiger partial charge in [0, 0.05) is 23.3 Å². The molecule has 0 aromatic heterocycles. The normalized spacial score (nSPS) is 11.8. The van der Waals surface area contributed by atoms with E-state index < -0.39 is 0 Å². The highest BCUT2D eigenvalue weighted by molar-refractivity contribution is 6.30. The van der Waals surface area contributed by atoms with Gasteiger partial charge in [0.15, 0.2) is 0 Å². The SMILES string of the molecule is COc1cc(OC)cc(C(CN)Nc2ccc(Cl)cc2)c1. The fourth-order valence-electron chi connectivity index (χ4n) is 2.06. The Morgan fingerprint density at radius 2 is 1.62 bits per heavy atom. The van der Waals surface area contributed by atoms with Gasteiger partial charge >= 0.3 is 0 Å². The third-order valence-electron chi connectivity index (χ3n) is 3.20. The molecule has 0 aliphatic carbocycles. The van der Waals surface area contributed by atoms with Crippen LogP contribution in [-0.4, -0.2) is 20.8 Å². The molecule has 4 nitrogen and oxygen atoms in total. The summed E-state index contributed by atoms with van der Waals surface area (Å²) in [5, 5.41) is 4.08. The zero-order chi connectivity index (χ0) is 15.2. The van der Waals surface area contributed by atoms with Crippen molar-refractivity contribution in [3.8, 4) is 11.5 Å². The van der Waals surface area contributed by atoms with Gasteiger partial charge in [0.25, 0.3) is 0 Å². The second-order valence-corrected chi connectivity index (χ2v) is 5.02. The fourth-order valence-corrected chi connectivity index (χ4v) is 2.18. The molecule has 0 bridgehead atoms. The van der Waals surface area contributed by atoms with Crippen molar-refractivity contribution >= 4 is 17.3 Å². The number of hydrogen-bond donors (Lipinski definition) is 2. The number of methoxy groups -OCH3 is 2. The molecule has 0 aliphatic heterocycles. The van der Waals surface area contributed by atoms with Crippen LogP contribution in [0.15, 0.2) is 42.5 Å². The van der Waals surface area contributed by atoms with E-state index in [-0.39, 0.29) is 6.04 Å². The molecule has 2 aromatic carbocycles. The van der Waals surface area contributed by atoms with Crippen molar-refractivity contribution in [2.45, 2.75) is 6.04 Å². The minimum absolute atomic E-state index is 0.0461. The minimum atomic E-state index is -0.0461. The van der Waals surface area contributed by atoms with Gasteiger partial charge in [-0.15, -0.1) is 0 Å². The first-order valence-corrected chi connectivity index (χ1v) is 6.99. The Morgan fingerprint density at radius 1 is 1.05 bits per heavy atom. The second kappa shape index (κ2) is 7.20. The molecule has 0 radical (unpaired) electrons. The quantitative estimate of drug-likeness (QED) is 0.858. The lowest BCUT2D eigenvalue weighted by Gasteiger charge is -2.20. The van der Waals surface area contributed by atoms with Gasteiger partial charge in [-0.1, -0.05) is 11.6 Å². The van der Waals surface area contributed by atoms with Crippen LogP contribution in [0.5, 0.6) is 11.5 Å². The first kappa shape index (κ1) is 15.5. The molecule has 0 saturated heterocycles. The Hall–Kier alpha value is -1.91. The molecular weight excluding hydrogens is 288 g/mol. The van der Waals surface area contributed by atoms with E-state index in [0.717, 1.165) is 22.7 Å². The fraction of sp³-hybridized carbons (Fsp3) is 0.250. The third kappa shape index (κ3) is 4.03. The summed E-state index contributed by atoms with van der Waals surface area (Å²) in [4.78, 5) is 0. The van der Waals surface area contributed by atoms with Gasteiger partial charge in [0.1, 0.15) is 11.5 Å². The smallest absolute Gasteiger partial charge is 0.122 e. The molecule has 0 fully saturated rings. The second-order valence-electron chi connectivity index (χ2n) is 4.59. The topological polar surface area (TPSA) is 56.5 Å². The van der Waals surface area contributed by atoms with E-state index in [9.17, 15) is 0 Å². The van der Waals surface area contributed by atoms with E-state index in [1.54, 1.807) is 14.2 Å². The van der Waals surface area contributed by atoms with Crippen molar-refractivity contribution in [3.63, 3.8) is 0 Å². The Bertz CT molecular complexity index is 565. The highest BCUT2D eigenvalue weighted by atomic mass is 35.5. The highest BCUT2D eigenvalue weighted by Crippen LogP contribution is 2.28. The summed E-state index contributed by atoms with van der Waals surface area (Å²) in [5.74, 6) is 1.47. The van der Waals surface area contributed by atoms with Crippen LogP contribution in [0.1, 0.15) is 11.6 Å². The molecule has 0 aliphatic rings. The lowest BCUT2D eigenvalue weighted by atomic mass is 10.1. The van der Waals surface area contributed by atoms with E-state index in [1.165, 1.54) is 0 Å². The predicted octanol–water partition coefficient (Wildman–Crippen LogP) is 3.47. The van der Waals surface area contributed by atoms with Crippen molar-refractivity contribution in [2.24, 2.45) is 5.73 Å². The first-order valence-electron chi connectivity index (χ1n) is 6.61. The van der Waals surface area contributed by atoms with E-state index >= 15 is 0 Å². The monoisotopic (exact) mass is 306 g/mol. The molecule has 112 valence electrons. The van der Waals surface area contributed by atoms with Crippen molar-refractivity contribution in [3.05, 3.63) is 53.1 Å². The van der Waals surface area contributed by atoms with E-state index in [2.05, 4.69) is 5.32 Å². The maximum absolute atomic E-state index is 5.90. The van der Waals surface area contributed by atoms with Crippen LogP contribution in [0, 0.1) is 0 Å². The summed E-state index contributed by atoms with van der Waals surface area (Å²) in [7, 11) is 3.26. The zero-order valence-corrected chi connectivity index (χ0v) is 12.9. The molecule has 2 rings (SSSR count). The Kier molecular flexibility index (Phi) is 5.31. The molecule has 21 heavy (non-hydrogen) atoms. The van der Waals surface area contributed by atoms with Gasteiger partial charge in [-0.2, -0.15) is 0 Å². The van der Waals surface area contributed by atoms with E-state index in [4.69, 9.17) is 26.8 Å². The number of benzene rings is 2. The van der Waals surface area contributed by atoms with Crippen LogP contribution in [0.2, 0.25) is 5.02 Å². The molecule has 3 N–H and O–H groups in total. The average molecular weight is 307 g/mol. The molecule has 2 aromatic rings. The molecule has 0 spiro atoms. The Morgan fingerprint density at radius 3 is 2.10 bits per heavy atom. The van der Waals surface area contributed by atoms with Gasteiger partial charge in [-0.25, -0.2) is 0 Å². The number of hydrogen-bond acceptors (Lipinski definition) is 4. The highest BCUT2D eigenvalue weighted by Gasteiger charge is 2.12. The average Bonchev–Trinajstić information content (AvgIpc) is 2.53.